The van der Waals surface area contributed by atoms with Crippen molar-refractivity contribution in [3.63, 3.8) is 0 Å². The van der Waals surface area contributed by atoms with E-state index in [1.807, 2.05) is 0 Å². The van der Waals surface area contributed by atoms with E-state index in [4.69, 9.17) is 14.2 Å². The predicted molar refractivity (Wildman–Crippen MR) is 119 cm³/mol. The van der Waals surface area contributed by atoms with Crippen LogP contribution in [0.25, 0.3) is 5.69 Å². The molecule has 1 aromatic heterocycles. The first-order valence-electron chi connectivity index (χ1n) is 10.3. The number of benzene rings is 2. The summed E-state index contributed by atoms with van der Waals surface area (Å²) >= 11 is 0. The Balaban J connectivity index is 1.35. The lowest BCUT2D eigenvalue weighted by Crippen LogP contribution is -2.35. The molecule has 0 spiro atoms. The van der Waals surface area contributed by atoms with Crippen molar-refractivity contribution in [3.8, 4) is 22.9 Å². The summed E-state index contributed by atoms with van der Waals surface area (Å²) in [7, 11) is -1.83. The summed E-state index contributed by atoms with van der Waals surface area (Å²) in [4.78, 5) is 25.2. The van der Waals surface area contributed by atoms with Gasteiger partial charge < -0.3 is 24.8 Å². The van der Waals surface area contributed by atoms with E-state index in [0.717, 1.165) is 5.56 Å². The molecule has 12 heteroatoms. The summed E-state index contributed by atoms with van der Waals surface area (Å²) in [6.45, 7) is 0.225. The fourth-order valence-electron chi connectivity index (χ4n) is 3.76. The van der Waals surface area contributed by atoms with Crippen molar-refractivity contribution in [1.82, 2.24) is 15.1 Å². The smallest absolute Gasteiger partial charge is 0.314 e. The van der Waals surface area contributed by atoms with Gasteiger partial charge in [0.2, 0.25) is 6.79 Å². The van der Waals surface area contributed by atoms with Crippen LogP contribution in [-0.4, -0.2) is 43.9 Å². The Morgan fingerprint density at radius 1 is 1.06 bits per heavy atom. The minimum atomic E-state index is -3.37. The zero-order chi connectivity index (χ0) is 23.9. The number of amides is 2. The first kappa shape index (κ1) is 21.8. The van der Waals surface area contributed by atoms with Crippen LogP contribution in [0.15, 0.2) is 42.5 Å². The Morgan fingerprint density at radius 2 is 1.82 bits per heavy atom. The first-order valence-corrected chi connectivity index (χ1v) is 12.1. The van der Waals surface area contributed by atoms with Crippen molar-refractivity contribution in [3.05, 3.63) is 59.3 Å². The van der Waals surface area contributed by atoms with Crippen molar-refractivity contribution < 1.29 is 32.2 Å². The van der Waals surface area contributed by atoms with Gasteiger partial charge in [0.25, 0.3) is 0 Å². The number of sulfone groups is 1. The third kappa shape index (κ3) is 4.15. The molecule has 0 atom stereocenters. The zero-order valence-corrected chi connectivity index (χ0v) is 18.8. The average molecular weight is 484 g/mol. The van der Waals surface area contributed by atoms with Gasteiger partial charge in [-0.1, -0.05) is 6.07 Å². The number of anilines is 1. The van der Waals surface area contributed by atoms with Crippen molar-refractivity contribution in [2.75, 3.05) is 19.2 Å². The molecule has 11 nitrogen and oxygen atoms in total. The molecule has 0 radical (unpaired) electrons. The maximum Gasteiger partial charge on any atom is 0.314 e. The summed E-state index contributed by atoms with van der Waals surface area (Å²) in [6, 6.07) is 12.0. The fraction of sp³-hybridized carbons (Fsp3) is 0.227. The number of hydrogen-bond acceptors (Lipinski definition) is 8. The van der Waals surface area contributed by atoms with E-state index < -0.39 is 21.7 Å². The molecular weight excluding hydrogens is 464 g/mol. The number of carbonyl (C=O) groups is 2. The highest BCUT2D eigenvalue weighted by Gasteiger charge is 2.34. The van der Waals surface area contributed by atoms with Crippen LogP contribution in [0.4, 0.5) is 5.82 Å². The molecule has 0 saturated carbocycles. The minimum absolute atomic E-state index is 0.0904. The molecule has 2 N–H and O–H groups in total. The normalized spacial score (nSPS) is 15.0. The zero-order valence-electron chi connectivity index (χ0n) is 18.0. The van der Waals surface area contributed by atoms with Gasteiger partial charge in [-0.05, 0) is 42.0 Å². The Hall–Kier alpha value is -4.06. The second kappa shape index (κ2) is 8.37. The molecule has 34 heavy (non-hydrogen) atoms. The number of rotatable bonds is 5. The van der Waals surface area contributed by atoms with Gasteiger partial charge in [0, 0.05) is 12.1 Å². The average Bonchev–Trinajstić information content (AvgIpc) is 3.50. The second-order valence-corrected chi connectivity index (χ2v) is 9.80. The molecule has 2 amide bonds. The number of nitrogens with zero attached hydrogens (tertiary/aromatic N) is 2. The van der Waals surface area contributed by atoms with E-state index in [0.29, 0.717) is 34.2 Å². The van der Waals surface area contributed by atoms with Crippen molar-refractivity contribution in [2.24, 2.45) is 0 Å². The fourth-order valence-corrected chi connectivity index (χ4v) is 5.25. The quantitative estimate of drug-likeness (QED) is 0.517. The number of methoxy groups -OCH3 is 1. The number of aromatic nitrogens is 2. The van der Waals surface area contributed by atoms with Crippen LogP contribution >= 0.6 is 0 Å². The monoisotopic (exact) mass is 484 g/mol. The lowest BCUT2D eigenvalue weighted by molar-refractivity contribution is -0.136. The maximum atomic E-state index is 12.7. The molecule has 0 unspecified atom stereocenters. The van der Waals surface area contributed by atoms with Crippen LogP contribution in [0.3, 0.4) is 0 Å². The van der Waals surface area contributed by atoms with Crippen LogP contribution in [0, 0.1) is 0 Å². The Morgan fingerprint density at radius 3 is 2.59 bits per heavy atom. The van der Waals surface area contributed by atoms with Gasteiger partial charge in [0.05, 0.1) is 30.0 Å². The lowest BCUT2D eigenvalue weighted by Gasteiger charge is -2.12. The topological polar surface area (TPSA) is 138 Å². The van der Waals surface area contributed by atoms with Gasteiger partial charge in [-0.2, -0.15) is 5.10 Å². The highest BCUT2D eigenvalue weighted by atomic mass is 32.2. The molecule has 2 aromatic carbocycles. The maximum absolute atomic E-state index is 12.7. The Bertz CT molecular complexity index is 1400. The standard InChI is InChI=1S/C22H20N4O7S/c1-31-15-5-3-14(4-6-15)26-20(16-10-34(29,30)11-17(16)25-26)24-22(28)21(27)23-9-13-2-7-18-19(8-13)33-12-32-18/h2-8H,9-12H2,1H3,(H,23,27)(H,24,28). The molecule has 0 aliphatic carbocycles. The van der Waals surface area contributed by atoms with Gasteiger partial charge >= 0.3 is 11.8 Å². The van der Waals surface area contributed by atoms with Crippen molar-refractivity contribution >= 4 is 27.5 Å². The second-order valence-electron chi connectivity index (χ2n) is 7.74. The molecule has 5 rings (SSSR count). The Labute approximate surface area is 194 Å². The van der Waals surface area contributed by atoms with Crippen LogP contribution in [0.2, 0.25) is 0 Å². The number of hydrogen-bond donors (Lipinski definition) is 2. The predicted octanol–water partition coefficient (Wildman–Crippen LogP) is 1.29. The van der Waals surface area contributed by atoms with Crippen LogP contribution < -0.4 is 24.8 Å². The summed E-state index contributed by atoms with van der Waals surface area (Å²) in [5.74, 6) is -0.376. The molecule has 2 aliphatic heterocycles. The van der Waals surface area contributed by atoms with E-state index in [-0.39, 0.29) is 30.7 Å². The van der Waals surface area contributed by atoms with Gasteiger partial charge in [0.15, 0.2) is 21.3 Å². The highest BCUT2D eigenvalue weighted by Crippen LogP contribution is 2.34. The van der Waals surface area contributed by atoms with E-state index in [1.165, 1.54) is 11.8 Å². The SMILES string of the molecule is COc1ccc(-n2nc3c(c2NC(=O)C(=O)NCc2ccc4c(c2)OCO4)CS(=O)(=O)C3)cc1. The van der Waals surface area contributed by atoms with Crippen molar-refractivity contribution in [2.45, 2.75) is 18.1 Å². The van der Waals surface area contributed by atoms with Crippen molar-refractivity contribution in [1.29, 1.82) is 0 Å². The Kier molecular flexibility index (Phi) is 5.36. The van der Waals surface area contributed by atoms with Crippen LogP contribution in [-0.2, 0) is 37.5 Å². The summed E-state index contributed by atoms with van der Waals surface area (Å²) < 4.78 is 41.4. The van der Waals surface area contributed by atoms with Crippen LogP contribution in [0.5, 0.6) is 17.2 Å². The summed E-state index contributed by atoms with van der Waals surface area (Å²) in [5.41, 5.74) is 2.00. The minimum Gasteiger partial charge on any atom is -0.497 e. The number of carbonyl (C=O) groups excluding carboxylic acids is 2. The van der Waals surface area contributed by atoms with E-state index in [9.17, 15) is 18.0 Å². The molecule has 3 aromatic rings. The summed E-state index contributed by atoms with van der Waals surface area (Å²) in [6.07, 6.45) is 0. The number of nitrogens with one attached hydrogen (secondary N) is 2. The van der Waals surface area contributed by atoms with Gasteiger partial charge in [0.1, 0.15) is 11.6 Å². The number of fused-ring (bicyclic) bond motifs is 2. The van der Waals surface area contributed by atoms with E-state index in [1.54, 1.807) is 42.5 Å². The lowest BCUT2D eigenvalue weighted by atomic mass is 10.2. The van der Waals surface area contributed by atoms with E-state index in [2.05, 4.69) is 15.7 Å². The summed E-state index contributed by atoms with van der Waals surface area (Å²) in [5, 5.41) is 9.47. The molecule has 0 saturated heterocycles. The molecule has 176 valence electrons. The molecular formula is C22H20N4O7S. The van der Waals surface area contributed by atoms with Gasteiger partial charge in [-0.25, -0.2) is 13.1 Å². The first-order chi connectivity index (χ1) is 16.3. The molecule has 2 aliphatic rings. The largest absolute Gasteiger partial charge is 0.497 e. The molecule has 3 heterocycles. The van der Waals surface area contributed by atoms with Gasteiger partial charge in [-0.3, -0.25) is 9.59 Å². The third-order valence-corrected chi connectivity index (χ3v) is 6.87. The number of ether oxygens (including phenoxy) is 3. The third-order valence-electron chi connectivity index (χ3n) is 5.43. The molecule has 0 fully saturated rings. The highest BCUT2D eigenvalue weighted by molar-refractivity contribution is 7.90. The van der Waals surface area contributed by atoms with Crippen LogP contribution in [0.1, 0.15) is 16.8 Å². The van der Waals surface area contributed by atoms with Gasteiger partial charge in [-0.15, -0.1) is 0 Å². The molecule has 0 bridgehead atoms. The van der Waals surface area contributed by atoms with E-state index >= 15 is 0 Å².